The molecule has 1 aromatic rings. The Morgan fingerprint density at radius 2 is 1.89 bits per heavy atom. The lowest BCUT2D eigenvalue weighted by atomic mass is 9.95. The summed E-state index contributed by atoms with van der Waals surface area (Å²) < 4.78 is 11.1. The van der Waals surface area contributed by atoms with Crippen molar-refractivity contribution in [2.45, 2.75) is 26.7 Å². The number of ether oxygens (including phenoxy) is 2. The molecule has 0 spiro atoms. The Morgan fingerprint density at radius 3 is 2.58 bits per heavy atom. The third-order valence-corrected chi connectivity index (χ3v) is 3.07. The summed E-state index contributed by atoms with van der Waals surface area (Å²) in [5.74, 6) is 0.968. The molecule has 0 amide bonds. The third-order valence-electron chi connectivity index (χ3n) is 3.07. The molecule has 1 heterocycles. The Morgan fingerprint density at radius 1 is 1.21 bits per heavy atom. The summed E-state index contributed by atoms with van der Waals surface area (Å²) in [4.78, 5) is 23.3. The van der Waals surface area contributed by atoms with Gasteiger partial charge in [-0.05, 0) is 25.1 Å². The smallest absolute Gasteiger partial charge is 0.166 e. The van der Waals surface area contributed by atoms with Crippen molar-refractivity contribution in [3.8, 4) is 11.5 Å². The zero-order chi connectivity index (χ0) is 13.8. The first kappa shape index (κ1) is 13.6. The molecular weight excluding hydrogens is 244 g/mol. The van der Waals surface area contributed by atoms with Gasteiger partial charge in [0.15, 0.2) is 17.3 Å². The van der Waals surface area contributed by atoms with Crippen LogP contribution in [0.1, 0.15) is 37.0 Å². The zero-order valence-corrected chi connectivity index (χ0v) is 11.3. The average Bonchev–Trinajstić information content (AvgIpc) is 2.61. The minimum absolute atomic E-state index is 0.0233. The lowest BCUT2D eigenvalue weighted by molar-refractivity contribution is -0.117. The molecule has 0 aliphatic carbocycles. The van der Waals surface area contributed by atoms with Crippen LogP contribution >= 0.6 is 0 Å². The summed E-state index contributed by atoms with van der Waals surface area (Å²) in [7, 11) is 0. The molecule has 0 radical (unpaired) electrons. The van der Waals surface area contributed by atoms with Gasteiger partial charge < -0.3 is 14.3 Å². The van der Waals surface area contributed by atoms with Crippen LogP contribution in [0.2, 0.25) is 0 Å². The third kappa shape index (κ3) is 3.34. The Hall–Kier alpha value is -1.84. The lowest BCUT2D eigenvalue weighted by Crippen LogP contribution is -2.14. The highest BCUT2D eigenvalue weighted by molar-refractivity contribution is 6.00. The quantitative estimate of drug-likeness (QED) is 0.783. The van der Waals surface area contributed by atoms with Crippen molar-refractivity contribution in [2.24, 2.45) is 5.92 Å². The Bertz CT molecular complexity index is 493. The van der Waals surface area contributed by atoms with Gasteiger partial charge in [-0.25, -0.2) is 0 Å². The topological polar surface area (TPSA) is 52.6 Å². The Balaban J connectivity index is 2.19. The van der Waals surface area contributed by atoms with Crippen molar-refractivity contribution in [2.75, 3.05) is 13.2 Å². The average molecular weight is 262 g/mol. The molecule has 0 saturated carbocycles. The van der Waals surface area contributed by atoms with Crippen LogP contribution in [0, 0.1) is 5.92 Å². The zero-order valence-electron chi connectivity index (χ0n) is 11.3. The van der Waals surface area contributed by atoms with Crippen molar-refractivity contribution in [1.29, 1.82) is 0 Å². The van der Waals surface area contributed by atoms with Gasteiger partial charge in [-0.2, -0.15) is 0 Å². The van der Waals surface area contributed by atoms with E-state index >= 15 is 0 Å². The summed E-state index contributed by atoms with van der Waals surface area (Å²) in [5.41, 5.74) is 0.568. The van der Waals surface area contributed by atoms with Gasteiger partial charge >= 0.3 is 0 Å². The highest BCUT2D eigenvalue weighted by Gasteiger charge is 2.19. The van der Waals surface area contributed by atoms with Crippen LogP contribution in [-0.4, -0.2) is 24.8 Å². The maximum Gasteiger partial charge on any atom is 0.166 e. The first-order chi connectivity index (χ1) is 9.08. The van der Waals surface area contributed by atoms with E-state index in [1.165, 1.54) is 6.92 Å². The van der Waals surface area contributed by atoms with Crippen LogP contribution in [0.5, 0.6) is 11.5 Å². The summed E-state index contributed by atoms with van der Waals surface area (Å²) in [6.07, 6.45) is 1.10. The Labute approximate surface area is 112 Å². The second-order valence-electron chi connectivity index (χ2n) is 4.88. The molecule has 4 heteroatoms. The second-order valence-corrected chi connectivity index (χ2v) is 4.88. The van der Waals surface area contributed by atoms with Crippen molar-refractivity contribution in [3.63, 3.8) is 0 Å². The van der Waals surface area contributed by atoms with Gasteiger partial charge in [0.25, 0.3) is 0 Å². The van der Waals surface area contributed by atoms with Gasteiger partial charge in [0.2, 0.25) is 0 Å². The first-order valence-corrected chi connectivity index (χ1v) is 6.51. The molecule has 1 aromatic carbocycles. The van der Waals surface area contributed by atoms with Gasteiger partial charge in [0.05, 0.1) is 13.2 Å². The number of carbonyl (C=O) groups is 2. The van der Waals surface area contributed by atoms with Gasteiger partial charge in [-0.3, -0.25) is 4.79 Å². The van der Waals surface area contributed by atoms with Crippen LogP contribution in [-0.2, 0) is 4.79 Å². The molecule has 1 aliphatic heterocycles. The molecule has 19 heavy (non-hydrogen) atoms. The normalized spacial score (nSPS) is 15.5. The number of rotatable bonds is 4. The fourth-order valence-electron chi connectivity index (χ4n) is 2.12. The SMILES string of the molecule is CC(=O)CC(C)C(=O)c1ccc2c(c1)OCCCO2. The predicted octanol–water partition coefficient (Wildman–Crippen LogP) is 2.65. The maximum absolute atomic E-state index is 12.2. The number of fused-ring (bicyclic) bond motifs is 1. The van der Waals surface area contributed by atoms with Gasteiger partial charge in [-0.1, -0.05) is 6.92 Å². The van der Waals surface area contributed by atoms with E-state index in [1.54, 1.807) is 25.1 Å². The molecule has 0 fully saturated rings. The fraction of sp³-hybridized carbons (Fsp3) is 0.467. The monoisotopic (exact) mass is 262 g/mol. The van der Waals surface area contributed by atoms with E-state index in [0.29, 0.717) is 30.3 Å². The predicted molar refractivity (Wildman–Crippen MR) is 70.8 cm³/mol. The number of Topliss-reactive ketones (excluding diaryl/α,β-unsaturated/α-hetero) is 2. The summed E-state index contributed by atoms with van der Waals surface area (Å²) in [6.45, 7) is 4.49. The first-order valence-electron chi connectivity index (χ1n) is 6.51. The standard InChI is InChI=1S/C15H18O4/c1-10(8-11(2)16)15(17)12-4-5-13-14(9-12)19-7-3-6-18-13/h4-5,9-10H,3,6-8H2,1-2H3. The van der Waals surface area contributed by atoms with E-state index < -0.39 is 0 Å². The molecule has 0 bridgehead atoms. The molecule has 2 rings (SSSR count). The molecular formula is C15H18O4. The summed E-state index contributed by atoms with van der Waals surface area (Å²) >= 11 is 0. The van der Waals surface area contributed by atoms with E-state index in [9.17, 15) is 9.59 Å². The van der Waals surface area contributed by atoms with E-state index in [1.807, 2.05) is 0 Å². The molecule has 1 unspecified atom stereocenters. The van der Waals surface area contributed by atoms with E-state index in [4.69, 9.17) is 9.47 Å². The molecule has 4 nitrogen and oxygen atoms in total. The number of ketones is 2. The Kier molecular flexibility index (Phi) is 4.20. The van der Waals surface area contributed by atoms with Crippen LogP contribution < -0.4 is 9.47 Å². The lowest BCUT2D eigenvalue weighted by Gasteiger charge is -2.11. The minimum Gasteiger partial charge on any atom is -0.490 e. The largest absolute Gasteiger partial charge is 0.490 e. The minimum atomic E-state index is -0.303. The van der Waals surface area contributed by atoms with Crippen LogP contribution in [0.3, 0.4) is 0 Å². The molecule has 0 N–H and O–H groups in total. The van der Waals surface area contributed by atoms with Crippen molar-refractivity contribution in [3.05, 3.63) is 23.8 Å². The van der Waals surface area contributed by atoms with Crippen LogP contribution in [0.15, 0.2) is 18.2 Å². The summed E-state index contributed by atoms with van der Waals surface area (Å²) in [6, 6.07) is 5.19. The molecule has 0 aromatic heterocycles. The van der Waals surface area contributed by atoms with E-state index in [0.717, 1.165) is 6.42 Å². The van der Waals surface area contributed by atoms with Crippen molar-refractivity contribution < 1.29 is 19.1 Å². The number of hydrogen-bond acceptors (Lipinski definition) is 4. The van der Waals surface area contributed by atoms with Crippen molar-refractivity contribution in [1.82, 2.24) is 0 Å². The van der Waals surface area contributed by atoms with Gasteiger partial charge in [-0.15, -0.1) is 0 Å². The van der Waals surface area contributed by atoms with Gasteiger partial charge in [0, 0.05) is 24.3 Å². The fourth-order valence-corrected chi connectivity index (χ4v) is 2.12. The van der Waals surface area contributed by atoms with Crippen LogP contribution in [0.25, 0.3) is 0 Å². The van der Waals surface area contributed by atoms with E-state index in [-0.39, 0.29) is 23.9 Å². The van der Waals surface area contributed by atoms with E-state index in [2.05, 4.69) is 0 Å². The van der Waals surface area contributed by atoms with Gasteiger partial charge in [0.1, 0.15) is 5.78 Å². The number of benzene rings is 1. The molecule has 1 aliphatic rings. The maximum atomic E-state index is 12.2. The highest BCUT2D eigenvalue weighted by atomic mass is 16.5. The molecule has 1 atom stereocenters. The van der Waals surface area contributed by atoms with Crippen molar-refractivity contribution >= 4 is 11.6 Å². The molecule has 0 saturated heterocycles. The number of hydrogen-bond donors (Lipinski definition) is 0. The second kappa shape index (κ2) is 5.87. The number of carbonyl (C=O) groups excluding carboxylic acids is 2. The summed E-state index contributed by atoms with van der Waals surface area (Å²) in [5, 5.41) is 0. The molecule has 102 valence electrons. The van der Waals surface area contributed by atoms with Crippen LogP contribution in [0.4, 0.5) is 0 Å². The highest BCUT2D eigenvalue weighted by Crippen LogP contribution is 2.31.